The number of aromatic hydroxyl groups is 1. The summed E-state index contributed by atoms with van der Waals surface area (Å²) in [6, 6.07) is 17.1. The van der Waals surface area contributed by atoms with Crippen LogP contribution in [0.25, 0.3) is 0 Å². The zero-order valence-electron chi connectivity index (χ0n) is 11.3. The van der Waals surface area contributed by atoms with Gasteiger partial charge in [-0.1, -0.05) is 30.3 Å². The van der Waals surface area contributed by atoms with Gasteiger partial charge in [0.1, 0.15) is 5.75 Å². The van der Waals surface area contributed by atoms with Crippen LogP contribution in [-0.4, -0.2) is 20.9 Å². The summed E-state index contributed by atoms with van der Waals surface area (Å²) in [4.78, 5) is 0. The molecule has 106 valence electrons. The normalized spacial score (nSPS) is 17.6. The standard InChI is InChI=1S/C16H15N3OS/c17-16(21)19-15(12-4-2-1-3-5-12)10-14(18-19)11-6-8-13(20)9-7-11/h1-9,15,20H,10H2,(H2,17,21)/t15-/m1/s1. The van der Waals surface area contributed by atoms with Crippen molar-refractivity contribution >= 4 is 23.0 Å². The Morgan fingerprint density at radius 3 is 2.43 bits per heavy atom. The summed E-state index contributed by atoms with van der Waals surface area (Å²) in [5.74, 6) is 0.239. The highest BCUT2D eigenvalue weighted by molar-refractivity contribution is 7.80. The number of thiocarbonyl (C=S) groups is 1. The average molecular weight is 297 g/mol. The van der Waals surface area contributed by atoms with Crippen LogP contribution in [0.2, 0.25) is 0 Å². The Morgan fingerprint density at radius 2 is 1.81 bits per heavy atom. The van der Waals surface area contributed by atoms with E-state index in [0.29, 0.717) is 0 Å². The molecule has 2 aromatic carbocycles. The molecule has 1 atom stereocenters. The number of phenols is 1. The van der Waals surface area contributed by atoms with Crippen molar-refractivity contribution in [2.24, 2.45) is 10.8 Å². The molecule has 0 unspecified atom stereocenters. The fraction of sp³-hybridized carbons (Fsp3) is 0.125. The quantitative estimate of drug-likeness (QED) is 0.837. The number of rotatable bonds is 2. The largest absolute Gasteiger partial charge is 0.508 e. The molecule has 0 aromatic heterocycles. The molecule has 0 radical (unpaired) electrons. The molecule has 4 nitrogen and oxygen atoms in total. The third-order valence-corrected chi connectivity index (χ3v) is 3.71. The highest BCUT2D eigenvalue weighted by Crippen LogP contribution is 2.32. The fourth-order valence-corrected chi connectivity index (χ4v) is 2.64. The van der Waals surface area contributed by atoms with Crippen LogP contribution in [0.5, 0.6) is 5.75 Å². The number of phenolic OH excluding ortho intramolecular Hbond substituents is 1. The van der Waals surface area contributed by atoms with Crippen molar-refractivity contribution in [2.75, 3.05) is 0 Å². The second-order valence-corrected chi connectivity index (χ2v) is 5.33. The van der Waals surface area contributed by atoms with Gasteiger partial charge in [0.15, 0.2) is 5.11 Å². The maximum absolute atomic E-state index is 9.38. The Kier molecular flexibility index (Phi) is 3.58. The third kappa shape index (κ3) is 2.73. The number of benzene rings is 2. The van der Waals surface area contributed by atoms with Crippen molar-refractivity contribution in [3.8, 4) is 5.75 Å². The summed E-state index contributed by atoms with van der Waals surface area (Å²) < 4.78 is 0. The van der Waals surface area contributed by atoms with Crippen molar-refractivity contribution < 1.29 is 5.11 Å². The molecule has 0 saturated carbocycles. The zero-order valence-corrected chi connectivity index (χ0v) is 12.1. The van der Waals surface area contributed by atoms with Crippen molar-refractivity contribution in [3.05, 3.63) is 65.7 Å². The molecular formula is C16H15N3OS. The van der Waals surface area contributed by atoms with Crippen molar-refractivity contribution in [1.82, 2.24) is 5.01 Å². The molecule has 1 aliphatic heterocycles. The van der Waals surface area contributed by atoms with E-state index in [1.54, 1.807) is 17.1 Å². The summed E-state index contributed by atoms with van der Waals surface area (Å²) in [7, 11) is 0. The van der Waals surface area contributed by atoms with Crippen LogP contribution in [0.1, 0.15) is 23.6 Å². The van der Waals surface area contributed by atoms with Gasteiger partial charge in [-0.25, -0.2) is 5.01 Å². The van der Waals surface area contributed by atoms with E-state index in [4.69, 9.17) is 18.0 Å². The molecule has 1 heterocycles. The molecule has 0 saturated heterocycles. The average Bonchev–Trinajstić information content (AvgIpc) is 2.94. The predicted molar refractivity (Wildman–Crippen MR) is 87.1 cm³/mol. The van der Waals surface area contributed by atoms with Crippen LogP contribution in [0.3, 0.4) is 0 Å². The van der Waals surface area contributed by atoms with Crippen LogP contribution >= 0.6 is 12.2 Å². The van der Waals surface area contributed by atoms with E-state index < -0.39 is 0 Å². The van der Waals surface area contributed by atoms with Gasteiger partial charge in [0.05, 0.1) is 11.8 Å². The Labute approximate surface area is 128 Å². The summed E-state index contributed by atoms with van der Waals surface area (Å²) in [5, 5.41) is 15.9. The minimum Gasteiger partial charge on any atom is -0.508 e. The summed E-state index contributed by atoms with van der Waals surface area (Å²) in [6.07, 6.45) is 0.728. The molecule has 0 spiro atoms. The smallest absolute Gasteiger partial charge is 0.187 e. The van der Waals surface area contributed by atoms with E-state index in [9.17, 15) is 5.11 Å². The molecule has 2 aromatic rings. The second-order valence-electron chi connectivity index (χ2n) is 4.91. The summed E-state index contributed by atoms with van der Waals surface area (Å²) in [6.45, 7) is 0. The highest BCUT2D eigenvalue weighted by atomic mass is 32.1. The molecule has 0 fully saturated rings. The lowest BCUT2D eigenvalue weighted by Gasteiger charge is -2.21. The number of hydrazone groups is 1. The molecule has 21 heavy (non-hydrogen) atoms. The van der Waals surface area contributed by atoms with Crippen LogP contribution in [0, 0.1) is 0 Å². The van der Waals surface area contributed by atoms with Gasteiger partial charge in [0, 0.05) is 6.42 Å². The van der Waals surface area contributed by atoms with Gasteiger partial charge in [-0.2, -0.15) is 5.10 Å². The first-order chi connectivity index (χ1) is 10.1. The van der Waals surface area contributed by atoms with Gasteiger partial charge in [0.25, 0.3) is 0 Å². The lowest BCUT2D eigenvalue weighted by Crippen LogP contribution is -2.31. The van der Waals surface area contributed by atoms with Crippen LogP contribution in [-0.2, 0) is 0 Å². The third-order valence-electron chi connectivity index (χ3n) is 3.52. The van der Waals surface area contributed by atoms with Gasteiger partial charge in [-0.15, -0.1) is 0 Å². The van der Waals surface area contributed by atoms with Gasteiger partial charge in [-0.05, 0) is 47.6 Å². The van der Waals surface area contributed by atoms with E-state index in [2.05, 4.69) is 5.10 Å². The van der Waals surface area contributed by atoms with Crippen molar-refractivity contribution in [3.63, 3.8) is 0 Å². The Hall–Kier alpha value is -2.40. The highest BCUT2D eigenvalue weighted by Gasteiger charge is 2.30. The number of nitrogens with two attached hydrogens (primary N) is 1. The number of nitrogens with zero attached hydrogens (tertiary/aromatic N) is 2. The first-order valence-electron chi connectivity index (χ1n) is 6.65. The van der Waals surface area contributed by atoms with Gasteiger partial charge in [-0.3, -0.25) is 0 Å². The van der Waals surface area contributed by atoms with E-state index in [-0.39, 0.29) is 16.9 Å². The minimum atomic E-state index is 0.0208. The van der Waals surface area contributed by atoms with Crippen LogP contribution in [0.4, 0.5) is 0 Å². The van der Waals surface area contributed by atoms with Gasteiger partial charge < -0.3 is 10.8 Å². The van der Waals surface area contributed by atoms with E-state index in [1.165, 1.54) is 0 Å². The molecule has 3 N–H and O–H groups in total. The maximum atomic E-state index is 9.38. The molecule has 5 heteroatoms. The molecule has 0 aliphatic carbocycles. The fourth-order valence-electron chi connectivity index (χ4n) is 2.48. The van der Waals surface area contributed by atoms with Gasteiger partial charge in [0.2, 0.25) is 0 Å². The molecule has 1 aliphatic rings. The molecule has 0 amide bonds. The van der Waals surface area contributed by atoms with Crippen LogP contribution in [0.15, 0.2) is 59.7 Å². The van der Waals surface area contributed by atoms with Crippen molar-refractivity contribution in [1.29, 1.82) is 0 Å². The van der Waals surface area contributed by atoms with E-state index in [0.717, 1.165) is 23.3 Å². The molecular weight excluding hydrogens is 282 g/mol. The summed E-state index contributed by atoms with van der Waals surface area (Å²) >= 11 is 5.11. The second kappa shape index (κ2) is 5.54. The Bertz CT molecular complexity index is 682. The first-order valence-corrected chi connectivity index (χ1v) is 7.06. The summed E-state index contributed by atoms with van der Waals surface area (Å²) in [5.41, 5.74) is 8.81. The lowest BCUT2D eigenvalue weighted by atomic mass is 9.98. The predicted octanol–water partition coefficient (Wildman–Crippen LogP) is 2.79. The molecule has 3 rings (SSSR count). The Morgan fingerprint density at radius 1 is 1.14 bits per heavy atom. The number of hydrogen-bond acceptors (Lipinski definition) is 3. The molecule has 0 bridgehead atoms. The van der Waals surface area contributed by atoms with E-state index >= 15 is 0 Å². The monoisotopic (exact) mass is 297 g/mol. The Balaban J connectivity index is 1.93. The SMILES string of the molecule is NC(=S)N1N=C(c2ccc(O)cc2)C[C@@H]1c1ccccc1. The maximum Gasteiger partial charge on any atom is 0.187 e. The topological polar surface area (TPSA) is 61.8 Å². The number of hydrogen-bond donors (Lipinski definition) is 2. The van der Waals surface area contributed by atoms with Crippen molar-refractivity contribution in [2.45, 2.75) is 12.5 Å². The minimum absolute atomic E-state index is 0.0208. The van der Waals surface area contributed by atoms with Crippen LogP contribution < -0.4 is 5.73 Å². The lowest BCUT2D eigenvalue weighted by molar-refractivity contribution is 0.373. The van der Waals surface area contributed by atoms with Gasteiger partial charge >= 0.3 is 0 Å². The first kappa shape index (κ1) is 13.6. The zero-order chi connectivity index (χ0) is 14.8. The van der Waals surface area contributed by atoms with E-state index in [1.807, 2.05) is 42.5 Å².